The zero-order valence-corrected chi connectivity index (χ0v) is 13.3. The molecule has 2 aromatic heterocycles. The Morgan fingerprint density at radius 3 is 2.87 bits per heavy atom. The molecule has 1 aliphatic rings. The number of hydrogen-bond donors (Lipinski definition) is 1. The van der Waals surface area contributed by atoms with E-state index in [2.05, 4.69) is 4.98 Å². The van der Waals surface area contributed by atoms with Crippen molar-refractivity contribution in [3.05, 3.63) is 41.8 Å². The average molecular weight is 324 g/mol. The van der Waals surface area contributed by atoms with Gasteiger partial charge in [0, 0.05) is 11.9 Å². The van der Waals surface area contributed by atoms with Crippen LogP contribution < -0.4 is 10.6 Å². The van der Waals surface area contributed by atoms with Crippen LogP contribution in [0.4, 0.5) is 5.82 Å². The molecule has 6 heteroatoms. The maximum Gasteiger partial charge on any atom is 0.240 e. The number of hydrogen-bond acceptors (Lipinski definition) is 5. The molecular weight excluding hydrogens is 308 g/mol. The lowest BCUT2D eigenvalue weighted by atomic mass is 10.2. The lowest BCUT2D eigenvalue weighted by Gasteiger charge is -2.24. The van der Waals surface area contributed by atoms with Crippen LogP contribution in [0, 0.1) is 0 Å². The molecule has 0 saturated carbocycles. The Morgan fingerprint density at radius 2 is 2.09 bits per heavy atom. The zero-order chi connectivity index (χ0) is 15.8. The Labute approximate surface area is 137 Å². The molecule has 1 amide bonds. The number of aromatic nitrogens is 2. The number of primary amides is 1. The third-order valence-corrected chi connectivity index (χ3v) is 5.04. The largest absolute Gasteiger partial charge is 0.368 e. The van der Waals surface area contributed by atoms with Crippen LogP contribution in [-0.4, -0.2) is 28.5 Å². The summed E-state index contributed by atoms with van der Waals surface area (Å²) in [5, 5.41) is 2.97. The number of nitrogens with two attached hydrogens (primary N) is 1. The fourth-order valence-corrected chi connectivity index (χ4v) is 3.77. The first-order valence-electron chi connectivity index (χ1n) is 7.60. The van der Waals surface area contributed by atoms with Gasteiger partial charge >= 0.3 is 0 Å². The number of carbonyl (C=O) groups is 1. The molecule has 1 fully saturated rings. The van der Waals surface area contributed by atoms with Crippen molar-refractivity contribution < 1.29 is 4.79 Å². The molecule has 3 heterocycles. The summed E-state index contributed by atoms with van der Waals surface area (Å²) in [6, 6.07) is 11.6. The van der Waals surface area contributed by atoms with Crippen LogP contribution in [-0.2, 0) is 4.79 Å². The lowest BCUT2D eigenvalue weighted by molar-refractivity contribution is -0.119. The fraction of sp³-hybridized carbons (Fsp3) is 0.235. The molecule has 2 N–H and O–H groups in total. The number of carbonyl (C=O) groups excluding carboxylic acids is 1. The molecule has 0 aliphatic carbocycles. The maximum absolute atomic E-state index is 11.8. The molecule has 0 bridgehead atoms. The predicted octanol–water partition coefficient (Wildman–Crippen LogP) is 2.81. The molecule has 5 nitrogen and oxygen atoms in total. The summed E-state index contributed by atoms with van der Waals surface area (Å²) in [7, 11) is 0. The van der Waals surface area contributed by atoms with E-state index in [1.807, 2.05) is 46.7 Å². The summed E-state index contributed by atoms with van der Waals surface area (Å²) in [5.74, 6) is 1.21. The molecule has 23 heavy (non-hydrogen) atoms. The Balaban J connectivity index is 1.92. The second kappa shape index (κ2) is 5.62. The van der Waals surface area contributed by atoms with E-state index in [4.69, 9.17) is 10.7 Å². The van der Waals surface area contributed by atoms with E-state index in [1.165, 1.54) is 0 Å². The van der Waals surface area contributed by atoms with Gasteiger partial charge in [0.1, 0.15) is 11.9 Å². The predicted molar refractivity (Wildman–Crippen MR) is 92.4 cm³/mol. The van der Waals surface area contributed by atoms with Crippen LogP contribution in [0.1, 0.15) is 12.8 Å². The molecule has 1 aliphatic heterocycles. The lowest BCUT2D eigenvalue weighted by Crippen LogP contribution is -2.40. The van der Waals surface area contributed by atoms with Crippen molar-refractivity contribution in [2.24, 2.45) is 5.73 Å². The van der Waals surface area contributed by atoms with E-state index in [1.54, 1.807) is 11.3 Å². The first-order chi connectivity index (χ1) is 11.2. The minimum Gasteiger partial charge on any atom is -0.368 e. The van der Waals surface area contributed by atoms with Crippen LogP contribution >= 0.6 is 11.3 Å². The van der Waals surface area contributed by atoms with Gasteiger partial charge in [0.05, 0.1) is 10.4 Å². The molecule has 0 spiro atoms. The van der Waals surface area contributed by atoms with Crippen LogP contribution in [0.2, 0.25) is 0 Å². The third-order valence-electron chi connectivity index (χ3n) is 4.18. The monoisotopic (exact) mass is 324 g/mol. The van der Waals surface area contributed by atoms with Crippen LogP contribution in [0.5, 0.6) is 0 Å². The Kier molecular flexibility index (Phi) is 3.46. The second-order valence-corrected chi connectivity index (χ2v) is 6.57. The number of amides is 1. The summed E-state index contributed by atoms with van der Waals surface area (Å²) in [4.78, 5) is 24.3. The van der Waals surface area contributed by atoms with Crippen molar-refractivity contribution in [1.82, 2.24) is 9.97 Å². The highest BCUT2D eigenvalue weighted by Crippen LogP contribution is 2.33. The molecule has 1 saturated heterocycles. The summed E-state index contributed by atoms with van der Waals surface area (Å²) in [6.45, 7) is 0.790. The molecule has 4 rings (SSSR count). The van der Waals surface area contributed by atoms with E-state index >= 15 is 0 Å². The minimum absolute atomic E-state index is 0.288. The molecule has 1 atom stereocenters. The molecule has 3 aromatic rings. The van der Waals surface area contributed by atoms with Crippen LogP contribution in [0.3, 0.4) is 0 Å². The Hall–Kier alpha value is -2.47. The van der Waals surface area contributed by atoms with Crippen molar-refractivity contribution in [2.75, 3.05) is 11.4 Å². The highest BCUT2D eigenvalue weighted by atomic mass is 32.1. The van der Waals surface area contributed by atoms with Crippen molar-refractivity contribution in [3.8, 4) is 10.7 Å². The van der Waals surface area contributed by atoms with E-state index in [0.717, 1.165) is 41.0 Å². The van der Waals surface area contributed by atoms with Crippen molar-refractivity contribution in [1.29, 1.82) is 0 Å². The van der Waals surface area contributed by atoms with E-state index < -0.39 is 0 Å². The topological polar surface area (TPSA) is 72.1 Å². The zero-order valence-electron chi connectivity index (χ0n) is 12.5. The SMILES string of the molecule is NC(=O)C1CCCN1c1nc(-c2cccs2)nc2ccccc12. The van der Waals surface area contributed by atoms with E-state index in [0.29, 0.717) is 5.82 Å². The first-order valence-corrected chi connectivity index (χ1v) is 8.48. The smallest absolute Gasteiger partial charge is 0.240 e. The molecular formula is C17H16N4OS. The van der Waals surface area contributed by atoms with Gasteiger partial charge in [-0.1, -0.05) is 18.2 Å². The quantitative estimate of drug-likeness (QED) is 0.804. The second-order valence-electron chi connectivity index (χ2n) is 5.62. The number of para-hydroxylation sites is 1. The van der Waals surface area contributed by atoms with Gasteiger partial charge in [-0.3, -0.25) is 4.79 Å². The van der Waals surface area contributed by atoms with Crippen LogP contribution in [0.15, 0.2) is 41.8 Å². The van der Waals surface area contributed by atoms with Gasteiger partial charge in [-0.15, -0.1) is 11.3 Å². The number of fused-ring (bicyclic) bond motifs is 1. The van der Waals surface area contributed by atoms with Gasteiger partial charge in [0.2, 0.25) is 5.91 Å². The summed E-state index contributed by atoms with van der Waals surface area (Å²) in [5.41, 5.74) is 6.47. The Bertz CT molecular complexity index is 862. The van der Waals surface area contributed by atoms with E-state index in [-0.39, 0.29) is 11.9 Å². The van der Waals surface area contributed by atoms with Crippen molar-refractivity contribution in [2.45, 2.75) is 18.9 Å². The van der Waals surface area contributed by atoms with E-state index in [9.17, 15) is 4.79 Å². The van der Waals surface area contributed by atoms with Gasteiger partial charge in [-0.2, -0.15) is 0 Å². The summed E-state index contributed by atoms with van der Waals surface area (Å²) < 4.78 is 0. The molecule has 1 unspecified atom stereocenters. The number of anilines is 1. The number of benzene rings is 1. The van der Waals surface area contributed by atoms with Crippen LogP contribution in [0.25, 0.3) is 21.6 Å². The number of nitrogens with zero attached hydrogens (tertiary/aromatic N) is 3. The molecule has 0 radical (unpaired) electrons. The fourth-order valence-electron chi connectivity index (χ4n) is 3.11. The van der Waals surface area contributed by atoms with Crippen molar-refractivity contribution >= 4 is 34.0 Å². The van der Waals surface area contributed by atoms with Crippen molar-refractivity contribution in [3.63, 3.8) is 0 Å². The highest BCUT2D eigenvalue weighted by Gasteiger charge is 2.31. The van der Waals surface area contributed by atoms with Gasteiger partial charge in [0.15, 0.2) is 5.82 Å². The summed E-state index contributed by atoms with van der Waals surface area (Å²) >= 11 is 1.61. The third kappa shape index (κ3) is 2.45. The normalized spacial score (nSPS) is 17.7. The van der Waals surface area contributed by atoms with Gasteiger partial charge in [-0.05, 0) is 36.4 Å². The first kappa shape index (κ1) is 14.1. The number of thiophene rings is 1. The number of rotatable bonds is 3. The summed E-state index contributed by atoms with van der Waals surface area (Å²) in [6.07, 6.45) is 1.72. The minimum atomic E-state index is -0.289. The highest BCUT2D eigenvalue weighted by molar-refractivity contribution is 7.13. The standard InChI is InChI=1S/C17H16N4OS/c18-15(22)13-7-3-9-21(13)17-11-5-1-2-6-12(11)19-16(20-17)14-8-4-10-23-14/h1-2,4-6,8,10,13H,3,7,9H2,(H2,18,22). The molecule has 1 aromatic carbocycles. The Morgan fingerprint density at radius 1 is 1.22 bits per heavy atom. The van der Waals surface area contributed by atoms with Gasteiger partial charge in [-0.25, -0.2) is 9.97 Å². The van der Waals surface area contributed by atoms with Gasteiger partial charge in [0.25, 0.3) is 0 Å². The maximum atomic E-state index is 11.8. The molecule has 116 valence electrons. The average Bonchev–Trinajstić information content (AvgIpc) is 3.25. The van der Waals surface area contributed by atoms with Gasteiger partial charge < -0.3 is 10.6 Å².